The molecule has 32 heavy (non-hydrogen) atoms. The van der Waals surface area contributed by atoms with Crippen LogP contribution in [0, 0.1) is 0 Å². The predicted molar refractivity (Wildman–Crippen MR) is 132 cm³/mol. The van der Waals surface area contributed by atoms with E-state index < -0.39 is 5.97 Å². The molecule has 1 aliphatic carbocycles. The number of likely N-dealkylation sites (tertiary alicyclic amines) is 1. The van der Waals surface area contributed by atoms with Gasteiger partial charge in [-0.1, -0.05) is 23.7 Å². The molecule has 0 bridgehead atoms. The van der Waals surface area contributed by atoms with Crippen molar-refractivity contribution < 1.29 is 9.90 Å². The maximum absolute atomic E-state index is 12.2. The molecule has 0 unspecified atom stereocenters. The van der Waals surface area contributed by atoms with Crippen molar-refractivity contribution in [2.24, 2.45) is 4.99 Å². The zero-order chi connectivity index (χ0) is 22.2. The van der Waals surface area contributed by atoms with Gasteiger partial charge in [0.05, 0.1) is 0 Å². The lowest BCUT2D eigenvalue weighted by molar-refractivity contribution is 0.0703. The molecule has 5 nitrogen and oxygen atoms in total. The van der Waals surface area contributed by atoms with Crippen molar-refractivity contribution in [1.82, 2.24) is 9.88 Å². The summed E-state index contributed by atoms with van der Waals surface area (Å²) < 4.78 is 0. The Bertz CT molecular complexity index is 1210. The number of carboxylic acids is 1. The van der Waals surface area contributed by atoms with Crippen LogP contribution < -0.4 is 0 Å². The summed E-state index contributed by atoms with van der Waals surface area (Å²) in [5.41, 5.74) is 4.99. The summed E-state index contributed by atoms with van der Waals surface area (Å²) in [4.78, 5) is 25.4. The fourth-order valence-corrected chi connectivity index (χ4v) is 6.01. The van der Waals surface area contributed by atoms with E-state index in [1.807, 2.05) is 31.2 Å². The van der Waals surface area contributed by atoms with Crippen LogP contribution in [0.4, 0.5) is 5.69 Å². The van der Waals surface area contributed by atoms with E-state index in [0.717, 1.165) is 84.5 Å². The first-order valence-electron chi connectivity index (χ1n) is 11.3. The van der Waals surface area contributed by atoms with E-state index in [-0.39, 0.29) is 4.88 Å². The highest BCUT2D eigenvalue weighted by molar-refractivity contribution is 7.21. The quantitative estimate of drug-likeness (QED) is 0.342. The summed E-state index contributed by atoms with van der Waals surface area (Å²) in [6.07, 6.45) is 7.63. The highest BCUT2D eigenvalue weighted by Crippen LogP contribution is 2.46. The Kier molecular flexibility index (Phi) is 5.91. The maximum Gasteiger partial charge on any atom is 0.348 e. The number of pyridine rings is 1. The average Bonchev–Trinajstić information content (AvgIpc) is 3.17. The van der Waals surface area contributed by atoms with Crippen molar-refractivity contribution in [1.29, 1.82) is 0 Å². The van der Waals surface area contributed by atoms with Crippen LogP contribution in [0.25, 0.3) is 21.3 Å². The van der Waals surface area contributed by atoms with Gasteiger partial charge in [-0.25, -0.2) is 14.8 Å². The Balaban J connectivity index is 1.79. The van der Waals surface area contributed by atoms with Crippen molar-refractivity contribution in [2.45, 2.75) is 51.9 Å². The van der Waals surface area contributed by atoms with Crippen molar-refractivity contribution in [3.05, 3.63) is 45.4 Å². The van der Waals surface area contributed by atoms with Gasteiger partial charge in [-0.3, -0.25) is 0 Å². The molecule has 3 heterocycles. The van der Waals surface area contributed by atoms with Crippen molar-refractivity contribution >= 4 is 50.6 Å². The maximum atomic E-state index is 12.2. The Morgan fingerprint density at radius 1 is 1.09 bits per heavy atom. The van der Waals surface area contributed by atoms with Crippen LogP contribution in [0.1, 0.15) is 60.0 Å². The first kappa shape index (κ1) is 21.4. The van der Waals surface area contributed by atoms with Crippen LogP contribution in [-0.2, 0) is 12.8 Å². The molecule has 1 fully saturated rings. The normalized spacial score (nSPS) is 16.9. The van der Waals surface area contributed by atoms with Crippen LogP contribution in [0.2, 0.25) is 5.02 Å². The molecule has 7 heteroatoms. The average molecular weight is 468 g/mol. The molecule has 1 aromatic carbocycles. The number of rotatable bonds is 3. The molecule has 1 N–H and O–H groups in total. The monoisotopic (exact) mass is 467 g/mol. The summed E-state index contributed by atoms with van der Waals surface area (Å²) in [6.45, 7) is 3.93. The fraction of sp³-hybridized carbons (Fsp3) is 0.400. The predicted octanol–water partition coefficient (Wildman–Crippen LogP) is 6.73. The molecule has 0 atom stereocenters. The molecule has 166 valence electrons. The Morgan fingerprint density at radius 3 is 2.53 bits per heavy atom. The number of aromatic nitrogens is 1. The topological polar surface area (TPSA) is 65.8 Å². The molecule has 0 saturated carbocycles. The molecular weight excluding hydrogens is 442 g/mol. The lowest BCUT2D eigenvalue weighted by atomic mass is 9.87. The molecule has 1 aliphatic heterocycles. The number of benzene rings is 1. The summed E-state index contributed by atoms with van der Waals surface area (Å²) in [7, 11) is 0. The number of fused-ring (bicyclic) bond motifs is 2. The highest BCUT2D eigenvalue weighted by Gasteiger charge is 2.27. The number of hydrogen-bond donors (Lipinski definition) is 1. The number of carboxylic acid groups (broad SMARTS) is 1. The molecule has 0 amide bonds. The second-order valence-electron chi connectivity index (χ2n) is 8.60. The van der Waals surface area contributed by atoms with Crippen molar-refractivity contribution in [3.63, 3.8) is 0 Å². The highest BCUT2D eigenvalue weighted by atomic mass is 35.5. The van der Waals surface area contributed by atoms with Crippen LogP contribution in [0.3, 0.4) is 0 Å². The zero-order valence-corrected chi connectivity index (χ0v) is 19.7. The van der Waals surface area contributed by atoms with Gasteiger partial charge in [0.2, 0.25) is 0 Å². The molecule has 0 spiro atoms. The van der Waals surface area contributed by atoms with Crippen LogP contribution in [0.5, 0.6) is 0 Å². The van der Waals surface area contributed by atoms with Gasteiger partial charge in [0.1, 0.15) is 21.2 Å². The number of aromatic carboxylic acids is 1. The van der Waals surface area contributed by atoms with Gasteiger partial charge in [0, 0.05) is 29.2 Å². The van der Waals surface area contributed by atoms with E-state index in [1.54, 1.807) is 0 Å². The van der Waals surface area contributed by atoms with Crippen LogP contribution in [0.15, 0.2) is 29.3 Å². The van der Waals surface area contributed by atoms with Gasteiger partial charge in [-0.05, 0) is 80.7 Å². The Morgan fingerprint density at radius 2 is 1.81 bits per heavy atom. The third-order valence-corrected chi connectivity index (χ3v) is 7.82. The molecule has 2 aliphatic rings. The van der Waals surface area contributed by atoms with Gasteiger partial charge in [0.15, 0.2) is 0 Å². The van der Waals surface area contributed by atoms with Crippen molar-refractivity contribution in [2.75, 3.05) is 13.1 Å². The van der Waals surface area contributed by atoms with Gasteiger partial charge in [0.25, 0.3) is 0 Å². The second-order valence-corrected chi connectivity index (χ2v) is 10.0. The van der Waals surface area contributed by atoms with Gasteiger partial charge >= 0.3 is 5.97 Å². The standard InChI is InChI=1S/C25H26ClN3O2S/c1-15(29-13-5-2-6-14-29)27-22-21-20(16-9-11-17(26)12-10-16)18-7-3-4-8-19(18)28-24(21)32-23(22)25(30)31/h9-12H,2-8,13-14H2,1H3,(H,30,31). The Hall–Kier alpha value is -2.44. The van der Waals surface area contributed by atoms with Crippen LogP contribution in [-0.4, -0.2) is 39.9 Å². The lowest BCUT2D eigenvalue weighted by Crippen LogP contribution is -2.33. The first-order valence-corrected chi connectivity index (χ1v) is 12.5. The number of aryl methyl sites for hydroxylation is 1. The molecule has 0 radical (unpaired) electrons. The third kappa shape index (κ3) is 3.90. The zero-order valence-electron chi connectivity index (χ0n) is 18.2. The summed E-state index contributed by atoms with van der Waals surface area (Å²) in [5.74, 6) is -0.0649. The number of thiophene rings is 1. The number of nitrogens with zero attached hydrogens (tertiary/aromatic N) is 3. The van der Waals surface area contributed by atoms with E-state index in [2.05, 4.69) is 4.90 Å². The molecule has 5 rings (SSSR count). The van der Waals surface area contributed by atoms with E-state index in [9.17, 15) is 9.90 Å². The van der Waals surface area contributed by atoms with Crippen LogP contribution >= 0.6 is 22.9 Å². The number of halogens is 1. The first-order chi connectivity index (χ1) is 15.5. The van der Waals surface area contributed by atoms with E-state index in [1.165, 1.54) is 23.3 Å². The smallest absolute Gasteiger partial charge is 0.348 e. The number of carbonyl (C=O) groups is 1. The van der Waals surface area contributed by atoms with Gasteiger partial charge in [-0.2, -0.15) is 0 Å². The lowest BCUT2D eigenvalue weighted by Gasteiger charge is -2.28. The van der Waals surface area contributed by atoms with Gasteiger partial charge < -0.3 is 10.0 Å². The van der Waals surface area contributed by atoms with E-state index in [0.29, 0.717) is 10.7 Å². The molecular formula is C25H26ClN3O2S. The van der Waals surface area contributed by atoms with Crippen molar-refractivity contribution in [3.8, 4) is 11.1 Å². The number of piperidine rings is 1. The largest absolute Gasteiger partial charge is 0.477 e. The van der Waals surface area contributed by atoms with E-state index >= 15 is 0 Å². The molecule has 2 aromatic heterocycles. The minimum Gasteiger partial charge on any atom is -0.477 e. The Labute approximate surface area is 196 Å². The SMILES string of the molecule is CC(=Nc1c(C(=O)O)sc2nc3c(c(-c4ccc(Cl)cc4)c12)CCCC3)N1CCCCC1. The molecule has 1 saturated heterocycles. The minimum atomic E-state index is -0.946. The second kappa shape index (κ2) is 8.83. The summed E-state index contributed by atoms with van der Waals surface area (Å²) in [5, 5.41) is 11.6. The third-order valence-electron chi connectivity index (χ3n) is 6.51. The minimum absolute atomic E-state index is 0.265. The summed E-state index contributed by atoms with van der Waals surface area (Å²) >= 11 is 7.42. The van der Waals surface area contributed by atoms with Gasteiger partial charge in [-0.15, -0.1) is 11.3 Å². The molecule has 3 aromatic rings. The fourth-order valence-electron chi connectivity index (χ4n) is 4.91. The van der Waals surface area contributed by atoms with E-state index in [4.69, 9.17) is 21.6 Å². The number of amidine groups is 1. The number of aliphatic imine (C=N–C) groups is 1. The number of hydrogen-bond acceptors (Lipinski definition) is 4. The summed E-state index contributed by atoms with van der Waals surface area (Å²) in [6, 6.07) is 7.83.